The summed E-state index contributed by atoms with van der Waals surface area (Å²) in [6.07, 6.45) is 2.21. The van der Waals surface area contributed by atoms with Crippen LogP contribution in [-0.2, 0) is 4.57 Å². The van der Waals surface area contributed by atoms with Gasteiger partial charge in [-0.25, -0.2) is 4.67 Å². The molecular formula is C8H19ClNOPS. The van der Waals surface area contributed by atoms with Crippen LogP contribution in [0.1, 0.15) is 33.6 Å². The van der Waals surface area contributed by atoms with E-state index in [1.165, 1.54) is 11.4 Å². The molecule has 0 aliphatic carbocycles. The van der Waals surface area contributed by atoms with Gasteiger partial charge in [0.1, 0.15) is 0 Å². The van der Waals surface area contributed by atoms with E-state index in [1.54, 1.807) is 0 Å². The van der Waals surface area contributed by atoms with Crippen molar-refractivity contribution in [2.24, 2.45) is 0 Å². The fourth-order valence-electron chi connectivity index (χ4n) is 0.965. The van der Waals surface area contributed by atoms with Gasteiger partial charge in [0, 0.05) is 18.8 Å². The summed E-state index contributed by atoms with van der Waals surface area (Å²) in [5.41, 5.74) is 0. The number of nitrogens with zero attached hydrogens (tertiary/aromatic N) is 1. The highest BCUT2D eigenvalue weighted by atomic mass is 35.7. The van der Waals surface area contributed by atoms with Crippen molar-refractivity contribution in [2.75, 3.05) is 18.8 Å². The summed E-state index contributed by atoms with van der Waals surface area (Å²) in [7, 11) is 0. The van der Waals surface area contributed by atoms with E-state index in [-0.39, 0.29) is 0 Å². The molecule has 0 heterocycles. The minimum Gasteiger partial charge on any atom is -0.277 e. The zero-order valence-corrected chi connectivity index (χ0v) is 11.1. The molecule has 0 saturated carbocycles. The Morgan fingerprint density at radius 2 is 1.85 bits per heavy atom. The smallest absolute Gasteiger partial charge is 0.277 e. The molecule has 5 heteroatoms. The summed E-state index contributed by atoms with van der Waals surface area (Å²) < 4.78 is 13.7. The molecule has 0 N–H and O–H groups in total. The van der Waals surface area contributed by atoms with Crippen molar-refractivity contribution >= 4 is 28.5 Å². The second kappa shape index (κ2) is 7.17. The van der Waals surface area contributed by atoms with E-state index >= 15 is 0 Å². The summed E-state index contributed by atoms with van der Waals surface area (Å²) in [4.78, 5) is 0. The van der Waals surface area contributed by atoms with Crippen molar-refractivity contribution in [3.05, 3.63) is 0 Å². The Balaban J connectivity index is 3.97. The van der Waals surface area contributed by atoms with Gasteiger partial charge in [0.25, 0.3) is 5.85 Å². The lowest BCUT2D eigenvalue weighted by atomic mass is 10.4. The molecule has 13 heavy (non-hydrogen) atoms. The van der Waals surface area contributed by atoms with Crippen LogP contribution in [0.15, 0.2) is 0 Å². The van der Waals surface area contributed by atoms with E-state index < -0.39 is 5.85 Å². The second-order valence-corrected chi connectivity index (χ2v) is 9.15. The third kappa shape index (κ3) is 5.31. The van der Waals surface area contributed by atoms with Crippen molar-refractivity contribution < 1.29 is 4.57 Å². The summed E-state index contributed by atoms with van der Waals surface area (Å²) >= 11 is 7.39. The second-order valence-electron chi connectivity index (χ2n) is 2.78. The number of unbranched alkanes of at least 4 members (excludes halogenated alkanes) is 1. The predicted molar refractivity (Wildman–Crippen MR) is 63.7 cm³/mol. The third-order valence-corrected chi connectivity index (χ3v) is 7.56. The van der Waals surface area contributed by atoms with Gasteiger partial charge < -0.3 is 0 Å². The maximum atomic E-state index is 11.9. The van der Waals surface area contributed by atoms with Crippen LogP contribution >= 0.6 is 28.5 Å². The summed E-state index contributed by atoms with van der Waals surface area (Å²) in [6, 6.07) is 0. The Kier molecular flexibility index (Phi) is 7.62. The lowest BCUT2D eigenvalue weighted by Crippen LogP contribution is -2.15. The Labute approximate surface area is 90.4 Å². The molecular weight excluding hydrogens is 225 g/mol. The van der Waals surface area contributed by atoms with Crippen LogP contribution in [0.25, 0.3) is 0 Å². The third-order valence-electron chi connectivity index (χ3n) is 1.82. The van der Waals surface area contributed by atoms with Crippen molar-refractivity contribution in [1.29, 1.82) is 0 Å². The first-order valence-electron chi connectivity index (χ1n) is 4.78. The van der Waals surface area contributed by atoms with E-state index in [0.29, 0.717) is 0 Å². The molecule has 0 saturated heterocycles. The molecule has 0 aromatic rings. The Hall–Kier alpha value is 0.830. The first kappa shape index (κ1) is 13.8. The molecule has 0 aromatic carbocycles. The Morgan fingerprint density at radius 3 is 2.23 bits per heavy atom. The topological polar surface area (TPSA) is 20.3 Å². The van der Waals surface area contributed by atoms with Gasteiger partial charge >= 0.3 is 0 Å². The van der Waals surface area contributed by atoms with Crippen LogP contribution in [0.2, 0.25) is 0 Å². The zero-order chi connectivity index (χ0) is 10.3. The minimum atomic E-state index is -2.61. The molecule has 1 atom stereocenters. The van der Waals surface area contributed by atoms with Crippen LogP contribution in [0, 0.1) is 0 Å². The van der Waals surface area contributed by atoms with Crippen molar-refractivity contribution in [3.8, 4) is 0 Å². The van der Waals surface area contributed by atoms with Gasteiger partial charge in [-0.2, -0.15) is 0 Å². The summed E-state index contributed by atoms with van der Waals surface area (Å²) in [6.45, 7) is 7.61. The van der Waals surface area contributed by atoms with E-state index in [2.05, 4.69) is 6.92 Å². The van der Waals surface area contributed by atoms with Crippen LogP contribution in [0.4, 0.5) is 0 Å². The van der Waals surface area contributed by atoms with E-state index in [4.69, 9.17) is 11.2 Å². The molecule has 0 radical (unpaired) electrons. The van der Waals surface area contributed by atoms with Crippen LogP contribution in [-0.4, -0.2) is 23.5 Å². The largest absolute Gasteiger partial charge is 0.289 e. The number of hydrogen-bond acceptors (Lipinski definition) is 2. The van der Waals surface area contributed by atoms with Crippen molar-refractivity contribution in [1.82, 2.24) is 4.67 Å². The van der Waals surface area contributed by atoms with Crippen LogP contribution < -0.4 is 0 Å². The molecule has 0 aromatic heterocycles. The van der Waals surface area contributed by atoms with E-state index in [9.17, 15) is 4.57 Å². The molecule has 1 unspecified atom stereocenters. The summed E-state index contributed by atoms with van der Waals surface area (Å²) in [5, 5.41) is 0. The maximum absolute atomic E-state index is 11.9. The highest BCUT2D eigenvalue weighted by molar-refractivity contribution is 8.64. The van der Waals surface area contributed by atoms with Gasteiger partial charge in [-0.05, 0) is 17.7 Å². The molecule has 0 aliphatic rings. The maximum Gasteiger partial charge on any atom is 0.289 e. The van der Waals surface area contributed by atoms with Gasteiger partial charge in [-0.15, -0.1) is 0 Å². The molecule has 0 fully saturated rings. The quantitative estimate of drug-likeness (QED) is 0.494. The first-order valence-corrected chi connectivity index (χ1v) is 8.93. The molecule has 2 nitrogen and oxygen atoms in total. The molecule has 0 aliphatic heterocycles. The number of rotatable bonds is 7. The Bertz CT molecular complexity index is 176. The fourth-order valence-corrected chi connectivity index (χ4v) is 5.95. The van der Waals surface area contributed by atoms with E-state index in [0.717, 1.165) is 31.7 Å². The lowest BCUT2D eigenvalue weighted by Gasteiger charge is -2.23. The van der Waals surface area contributed by atoms with Crippen LogP contribution in [0.3, 0.4) is 0 Å². The van der Waals surface area contributed by atoms with Gasteiger partial charge in [-0.1, -0.05) is 38.6 Å². The number of halogens is 1. The highest BCUT2D eigenvalue weighted by Gasteiger charge is 2.25. The van der Waals surface area contributed by atoms with Gasteiger partial charge in [-0.3, -0.25) is 4.57 Å². The monoisotopic (exact) mass is 243 g/mol. The summed E-state index contributed by atoms with van der Waals surface area (Å²) in [5.74, 6) is -1.71. The standard InChI is InChI=1S/C8H19ClNOPS/c1-4-7-8-13-12(9,11)10(5-2)6-3/h4-8H2,1-3H3. The molecule has 0 amide bonds. The number of hydrogen-bond donors (Lipinski definition) is 0. The molecule has 0 bridgehead atoms. The van der Waals surface area contributed by atoms with Crippen molar-refractivity contribution in [2.45, 2.75) is 33.6 Å². The average Bonchev–Trinajstić information content (AvgIpc) is 2.06. The first-order chi connectivity index (χ1) is 6.08. The van der Waals surface area contributed by atoms with Crippen molar-refractivity contribution in [3.63, 3.8) is 0 Å². The SMILES string of the molecule is CCCCSP(=O)(Cl)N(CC)CC. The minimum absolute atomic E-state index is 0.760. The van der Waals surface area contributed by atoms with Gasteiger partial charge in [0.2, 0.25) is 0 Å². The fraction of sp³-hybridized carbons (Fsp3) is 1.00. The Morgan fingerprint density at radius 1 is 1.31 bits per heavy atom. The van der Waals surface area contributed by atoms with Gasteiger partial charge in [0.15, 0.2) is 0 Å². The average molecular weight is 244 g/mol. The molecule has 0 rings (SSSR count). The van der Waals surface area contributed by atoms with Gasteiger partial charge in [0.05, 0.1) is 0 Å². The van der Waals surface area contributed by atoms with E-state index in [1.807, 2.05) is 18.5 Å². The zero-order valence-electron chi connectivity index (χ0n) is 8.62. The lowest BCUT2D eigenvalue weighted by molar-refractivity contribution is 0.467. The predicted octanol–water partition coefficient (Wildman–Crippen LogP) is 4.21. The molecule has 80 valence electrons. The van der Waals surface area contributed by atoms with Crippen LogP contribution in [0.5, 0.6) is 0 Å². The highest BCUT2D eigenvalue weighted by Crippen LogP contribution is 2.65. The normalized spacial score (nSPS) is 16.1. The molecule has 0 spiro atoms.